The molecule has 0 unspecified atom stereocenters. The van der Waals surface area contributed by atoms with Crippen LogP contribution in [0.5, 0.6) is 0 Å². The molecule has 4 heteroatoms. The highest BCUT2D eigenvalue weighted by Crippen LogP contribution is 2.17. The van der Waals surface area contributed by atoms with Gasteiger partial charge in [-0.1, -0.05) is 6.07 Å². The van der Waals surface area contributed by atoms with Crippen molar-refractivity contribution >= 4 is 11.8 Å². The Bertz CT molecular complexity index is 498. The van der Waals surface area contributed by atoms with Gasteiger partial charge in [0.05, 0.1) is 0 Å². The summed E-state index contributed by atoms with van der Waals surface area (Å²) in [5.41, 5.74) is 0.305. The fourth-order valence-corrected chi connectivity index (χ4v) is 1.46. The Labute approximate surface area is 113 Å². The Hall–Kier alpha value is -2.02. The van der Waals surface area contributed by atoms with Gasteiger partial charge in [0.15, 0.2) is 0 Å². The van der Waals surface area contributed by atoms with Crippen LogP contribution in [0.2, 0.25) is 0 Å². The summed E-state index contributed by atoms with van der Waals surface area (Å²) in [6, 6.07) is 4.49. The van der Waals surface area contributed by atoms with Crippen LogP contribution >= 0.6 is 0 Å². The van der Waals surface area contributed by atoms with Gasteiger partial charge >= 0.3 is 6.09 Å². The van der Waals surface area contributed by atoms with Crippen molar-refractivity contribution in [2.24, 2.45) is 0 Å². The standard InChI is InChI=1S/C15H18FNO2/c1-5-6-7-11-8-9-12(10-13(11)16)17-14(18)19-15(2,3)4/h1,8-10H,6-7H2,2-4H3,(H,17,18). The number of nitrogens with one attached hydrogen (secondary N) is 1. The molecule has 0 aromatic heterocycles. The molecule has 0 aliphatic carbocycles. The average molecular weight is 263 g/mol. The maximum Gasteiger partial charge on any atom is 0.412 e. The minimum atomic E-state index is -0.608. The van der Waals surface area contributed by atoms with E-state index in [0.29, 0.717) is 24.1 Å². The smallest absolute Gasteiger partial charge is 0.412 e. The summed E-state index contributed by atoms with van der Waals surface area (Å²) in [5.74, 6) is 2.07. The predicted molar refractivity (Wildman–Crippen MR) is 73.4 cm³/mol. The zero-order valence-electron chi connectivity index (χ0n) is 11.4. The van der Waals surface area contributed by atoms with Gasteiger partial charge in [-0.2, -0.15) is 0 Å². The van der Waals surface area contributed by atoms with Crippen LogP contribution in [0.15, 0.2) is 18.2 Å². The molecule has 1 rings (SSSR count). The summed E-state index contributed by atoms with van der Waals surface area (Å²) in [4.78, 5) is 11.5. The van der Waals surface area contributed by atoms with Crippen molar-refractivity contribution in [3.63, 3.8) is 0 Å². The molecule has 19 heavy (non-hydrogen) atoms. The third-order valence-electron chi connectivity index (χ3n) is 2.24. The second-order valence-electron chi connectivity index (χ2n) is 5.14. The number of terminal acetylenes is 1. The predicted octanol–water partition coefficient (Wildman–Crippen LogP) is 3.74. The lowest BCUT2D eigenvalue weighted by Gasteiger charge is -2.19. The largest absolute Gasteiger partial charge is 0.444 e. The van der Waals surface area contributed by atoms with Gasteiger partial charge < -0.3 is 4.74 Å². The lowest BCUT2D eigenvalue weighted by atomic mass is 10.1. The molecule has 0 spiro atoms. The van der Waals surface area contributed by atoms with Crippen LogP contribution in [0.4, 0.5) is 14.9 Å². The summed E-state index contributed by atoms with van der Waals surface area (Å²) in [5, 5.41) is 2.48. The maximum absolute atomic E-state index is 13.7. The Kier molecular flexibility index (Phi) is 4.94. The zero-order valence-corrected chi connectivity index (χ0v) is 11.4. The molecule has 1 amide bonds. The minimum absolute atomic E-state index is 0.358. The first kappa shape index (κ1) is 15.0. The number of carbonyl (C=O) groups is 1. The van der Waals surface area contributed by atoms with E-state index in [-0.39, 0.29) is 5.82 Å². The second kappa shape index (κ2) is 6.24. The van der Waals surface area contributed by atoms with E-state index in [9.17, 15) is 9.18 Å². The maximum atomic E-state index is 13.7. The molecule has 0 saturated carbocycles. The van der Waals surface area contributed by atoms with E-state index in [1.165, 1.54) is 6.07 Å². The number of ether oxygens (including phenoxy) is 1. The van der Waals surface area contributed by atoms with E-state index in [1.54, 1.807) is 32.9 Å². The van der Waals surface area contributed by atoms with E-state index < -0.39 is 11.7 Å². The number of hydrogen-bond acceptors (Lipinski definition) is 2. The van der Waals surface area contributed by atoms with Crippen LogP contribution in [0.1, 0.15) is 32.8 Å². The number of halogens is 1. The summed E-state index contributed by atoms with van der Waals surface area (Å²) < 4.78 is 18.8. The van der Waals surface area contributed by atoms with Crippen molar-refractivity contribution in [2.75, 3.05) is 5.32 Å². The topological polar surface area (TPSA) is 38.3 Å². The van der Waals surface area contributed by atoms with Crippen LogP contribution in [0, 0.1) is 18.2 Å². The summed E-state index contributed by atoms with van der Waals surface area (Å²) >= 11 is 0. The van der Waals surface area contributed by atoms with Crippen LogP contribution in [0.25, 0.3) is 0 Å². The van der Waals surface area contributed by atoms with Crippen molar-refractivity contribution < 1.29 is 13.9 Å². The molecule has 0 saturated heterocycles. The van der Waals surface area contributed by atoms with Crippen molar-refractivity contribution in [3.05, 3.63) is 29.6 Å². The number of benzene rings is 1. The van der Waals surface area contributed by atoms with Gasteiger partial charge in [0.2, 0.25) is 0 Å². The molecule has 0 fully saturated rings. The molecule has 3 nitrogen and oxygen atoms in total. The number of rotatable bonds is 3. The number of aryl methyl sites for hydroxylation is 1. The van der Waals surface area contributed by atoms with Gasteiger partial charge in [0.1, 0.15) is 11.4 Å². The van der Waals surface area contributed by atoms with Crippen molar-refractivity contribution in [3.8, 4) is 12.3 Å². The van der Waals surface area contributed by atoms with Gasteiger partial charge in [-0.3, -0.25) is 5.32 Å². The van der Waals surface area contributed by atoms with E-state index in [4.69, 9.17) is 11.2 Å². The first-order chi connectivity index (χ1) is 8.81. The number of anilines is 1. The molecular weight excluding hydrogens is 245 g/mol. The molecule has 0 aliphatic rings. The van der Waals surface area contributed by atoms with E-state index >= 15 is 0 Å². The van der Waals surface area contributed by atoms with Gasteiger partial charge in [0, 0.05) is 12.1 Å². The Morgan fingerprint density at radius 1 is 1.47 bits per heavy atom. The lowest BCUT2D eigenvalue weighted by Crippen LogP contribution is -2.27. The van der Waals surface area contributed by atoms with Crippen molar-refractivity contribution in [1.82, 2.24) is 0 Å². The molecule has 102 valence electrons. The third kappa shape index (κ3) is 5.43. The fraction of sp³-hybridized carbons (Fsp3) is 0.400. The first-order valence-corrected chi connectivity index (χ1v) is 6.04. The molecule has 0 bridgehead atoms. The van der Waals surface area contributed by atoms with Gasteiger partial charge in [-0.15, -0.1) is 12.3 Å². The van der Waals surface area contributed by atoms with Crippen LogP contribution in [-0.4, -0.2) is 11.7 Å². The normalized spacial score (nSPS) is 10.7. The average Bonchev–Trinajstić information content (AvgIpc) is 2.25. The van der Waals surface area contributed by atoms with E-state index in [0.717, 1.165) is 0 Å². The molecule has 0 heterocycles. The molecule has 1 aromatic rings. The van der Waals surface area contributed by atoms with E-state index in [1.807, 2.05) is 0 Å². The quantitative estimate of drug-likeness (QED) is 0.844. The Morgan fingerprint density at radius 2 is 2.16 bits per heavy atom. The van der Waals surface area contributed by atoms with Crippen molar-refractivity contribution in [1.29, 1.82) is 0 Å². The number of amides is 1. The highest BCUT2D eigenvalue weighted by Gasteiger charge is 2.16. The number of hydrogen-bond donors (Lipinski definition) is 1. The Morgan fingerprint density at radius 3 is 2.68 bits per heavy atom. The summed E-state index contributed by atoms with van der Waals surface area (Å²) in [7, 11) is 0. The molecule has 0 atom stereocenters. The van der Waals surface area contributed by atoms with Gasteiger partial charge in [-0.05, 0) is 44.9 Å². The molecule has 0 aliphatic heterocycles. The highest BCUT2D eigenvalue weighted by atomic mass is 19.1. The van der Waals surface area contributed by atoms with E-state index in [2.05, 4.69) is 11.2 Å². The minimum Gasteiger partial charge on any atom is -0.444 e. The molecule has 1 N–H and O–H groups in total. The lowest BCUT2D eigenvalue weighted by molar-refractivity contribution is 0.0636. The van der Waals surface area contributed by atoms with Crippen LogP contribution in [-0.2, 0) is 11.2 Å². The number of carbonyl (C=O) groups excluding carboxylic acids is 1. The molecular formula is C15H18FNO2. The highest BCUT2D eigenvalue weighted by molar-refractivity contribution is 5.84. The summed E-state index contributed by atoms with van der Waals surface area (Å²) in [6.07, 6.45) is 5.49. The fourth-order valence-electron chi connectivity index (χ4n) is 1.46. The second-order valence-corrected chi connectivity index (χ2v) is 5.14. The Balaban J connectivity index is 2.69. The van der Waals surface area contributed by atoms with Gasteiger partial charge in [-0.25, -0.2) is 9.18 Å². The molecule has 0 radical (unpaired) electrons. The first-order valence-electron chi connectivity index (χ1n) is 6.04. The van der Waals surface area contributed by atoms with Crippen molar-refractivity contribution in [2.45, 2.75) is 39.2 Å². The third-order valence-corrected chi connectivity index (χ3v) is 2.24. The van der Waals surface area contributed by atoms with Gasteiger partial charge in [0.25, 0.3) is 0 Å². The SMILES string of the molecule is C#CCCc1ccc(NC(=O)OC(C)(C)C)cc1F. The van der Waals surface area contributed by atoms with Crippen LogP contribution < -0.4 is 5.32 Å². The summed E-state index contributed by atoms with van der Waals surface area (Å²) in [6.45, 7) is 5.28. The zero-order chi connectivity index (χ0) is 14.5. The molecule has 1 aromatic carbocycles. The monoisotopic (exact) mass is 263 g/mol. The van der Waals surface area contributed by atoms with Crippen LogP contribution in [0.3, 0.4) is 0 Å².